The molecule has 0 radical (unpaired) electrons. The summed E-state index contributed by atoms with van der Waals surface area (Å²) in [4.78, 5) is 16.6. The van der Waals surface area contributed by atoms with E-state index < -0.39 is 0 Å². The predicted octanol–water partition coefficient (Wildman–Crippen LogP) is 3.67. The second kappa shape index (κ2) is 8.28. The summed E-state index contributed by atoms with van der Waals surface area (Å²) in [6, 6.07) is 13.3. The van der Waals surface area contributed by atoms with Gasteiger partial charge in [-0.25, -0.2) is 4.39 Å². The van der Waals surface area contributed by atoms with Crippen molar-refractivity contribution in [1.29, 1.82) is 0 Å². The molecule has 8 heteroatoms. The first-order valence-electron chi connectivity index (χ1n) is 9.44. The van der Waals surface area contributed by atoms with Crippen LogP contribution in [0.2, 0.25) is 0 Å². The summed E-state index contributed by atoms with van der Waals surface area (Å²) in [5.41, 5.74) is 3.93. The van der Waals surface area contributed by atoms with E-state index in [-0.39, 0.29) is 18.3 Å². The minimum atomic E-state index is -0.330. The van der Waals surface area contributed by atoms with Crippen molar-refractivity contribution in [3.05, 3.63) is 77.6 Å². The average Bonchev–Trinajstić information content (AvgIpc) is 3.34. The highest BCUT2D eigenvalue weighted by Gasteiger charge is 2.18. The van der Waals surface area contributed by atoms with Gasteiger partial charge in [-0.2, -0.15) is 0 Å². The molecule has 0 fully saturated rings. The monoisotopic (exact) mass is 405 g/mol. The van der Waals surface area contributed by atoms with E-state index in [1.165, 1.54) is 12.1 Å². The molecule has 4 rings (SSSR count). The molecule has 1 aromatic carbocycles. The van der Waals surface area contributed by atoms with Gasteiger partial charge in [-0.3, -0.25) is 9.78 Å². The van der Waals surface area contributed by atoms with Crippen molar-refractivity contribution in [3.63, 3.8) is 0 Å². The van der Waals surface area contributed by atoms with E-state index in [1.54, 1.807) is 18.3 Å². The second-order valence-electron chi connectivity index (χ2n) is 6.89. The highest BCUT2D eigenvalue weighted by atomic mass is 19.1. The van der Waals surface area contributed by atoms with Crippen molar-refractivity contribution in [1.82, 2.24) is 25.1 Å². The Balaban J connectivity index is 1.49. The van der Waals surface area contributed by atoms with E-state index >= 15 is 0 Å². The molecule has 30 heavy (non-hydrogen) atoms. The number of hydrogen-bond acceptors (Lipinski definition) is 5. The van der Waals surface area contributed by atoms with Gasteiger partial charge in [0, 0.05) is 23.1 Å². The molecule has 1 amide bonds. The molecule has 152 valence electrons. The Bertz CT molecular complexity index is 1170. The Kier molecular flexibility index (Phi) is 5.38. The molecule has 0 aliphatic heterocycles. The van der Waals surface area contributed by atoms with Gasteiger partial charge < -0.3 is 14.3 Å². The molecule has 3 heterocycles. The van der Waals surface area contributed by atoms with E-state index in [4.69, 9.17) is 4.42 Å². The van der Waals surface area contributed by atoms with Crippen LogP contribution < -0.4 is 5.32 Å². The summed E-state index contributed by atoms with van der Waals surface area (Å²) >= 11 is 0. The van der Waals surface area contributed by atoms with Gasteiger partial charge in [-0.1, -0.05) is 6.07 Å². The van der Waals surface area contributed by atoms with Gasteiger partial charge in [0.25, 0.3) is 0 Å². The third-order valence-corrected chi connectivity index (χ3v) is 4.81. The normalized spacial score (nSPS) is 10.9. The summed E-state index contributed by atoms with van der Waals surface area (Å²) < 4.78 is 20.8. The Labute approximate surface area is 172 Å². The predicted molar refractivity (Wildman–Crippen MR) is 109 cm³/mol. The van der Waals surface area contributed by atoms with Gasteiger partial charge in [-0.05, 0) is 56.3 Å². The highest BCUT2D eigenvalue weighted by Crippen LogP contribution is 2.28. The van der Waals surface area contributed by atoms with Gasteiger partial charge in [0.05, 0.1) is 17.8 Å². The zero-order valence-electron chi connectivity index (χ0n) is 16.6. The van der Waals surface area contributed by atoms with E-state index in [2.05, 4.69) is 20.5 Å². The maximum Gasteiger partial charge on any atom is 0.249 e. The quantitative estimate of drug-likeness (QED) is 0.529. The minimum Gasteiger partial charge on any atom is -0.416 e. The number of halogens is 1. The van der Waals surface area contributed by atoms with Crippen LogP contribution in [0.25, 0.3) is 22.9 Å². The first-order valence-corrected chi connectivity index (χ1v) is 9.44. The van der Waals surface area contributed by atoms with Crippen molar-refractivity contribution in [2.24, 2.45) is 0 Å². The molecular weight excluding hydrogens is 385 g/mol. The van der Waals surface area contributed by atoms with Crippen LogP contribution in [-0.4, -0.2) is 25.7 Å². The summed E-state index contributed by atoms with van der Waals surface area (Å²) in [6.07, 6.45) is 1.69. The van der Waals surface area contributed by atoms with Crippen LogP contribution in [0, 0.1) is 19.7 Å². The van der Waals surface area contributed by atoms with Crippen LogP contribution in [-0.2, 0) is 17.9 Å². The van der Waals surface area contributed by atoms with Crippen LogP contribution in [0.3, 0.4) is 0 Å². The minimum absolute atomic E-state index is 0.119. The summed E-state index contributed by atoms with van der Waals surface area (Å²) in [6.45, 7) is 4.36. The zero-order valence-corrected chi connectivity index (χ0v) is 16.6. The molecule has 0 unspecified atom stereocenters. The maximum atomic E-state index is 13.1. The van der Waals surface area contributed by atoms with Crippen molar-refractivity contribution < 1.29 is 13.6 Å². The number of hydrogen-bond donors (Lipinski definition) is 1. The molecule has 7 nitrogen and oxygen atoms in total. The van der Waals surface area contributed by atoms with Crippen LogP contribution >= 0.6 is 0 Å². The molecule has 1 N–H and O–H groups in total. The topological polar surface area (TPSA) is 85.8 Å². The van der Waals surface area contributed by atoms with E-state index in [0.29, 0.717) is 23.9 Å². The van der Waals surface area contributed by atoms with E-state index in [1.807, 2.05) is 42.7 Å². The van der Waals surface area contributed by atoms with E-state index in [0.717, 1.165) is 22.6 Å². The smallest absolute Gasteiger partial charge is 0.249 e. The Morgan fingerprint density at radius 3 is 2.60 bits per heavy atom. The molecule has 0 aliphatic rings. The molecular formula is C22H20FN5O2. The molecule has 0 atom stereocenters. The van der Waals surface area contributed by atoms with Gasteiger partial charge in [0.2, 0.25) is 17.7 Å². The summed E-state index contributed by atoms with van der Waals surface area (Å²) in [5, 5.41) is 11.1. The molecule has 4 aromatic rings. The Morgan fingerprint density at radius 1 is 1.10 bits per heavy atom. The first-order chi connectivity index (χ1) is 14.5. The van der Waals surface area contributed by atoms with Gasteiger partial charge >= 0.3 is 0 Å². The first kappa shape index (κ1) is 19.5. The third kappa shape index (κ3) is 4.12. The number of pyridine rings is 1. The molecule has 0 spiro atoms. The Morgan fingerprint density at radius 2 is 1.87 bits per heavy atom. The number of nitrogens with zero attached hydrogens (tertiary/aromatic N) is 4. The molecule has 0 saturated carbocycles. The SMILES string of the molecule is Cc1cc(-c2nnc(-c3ccc(F)cc3)o2)c(C)n1CC(=O)NCc1ccccn1. The van der Waals surface area contributed by atoms with Crippen molar-refractivity contribution in [2.45, 2.75) is 26.9 Å². The number of carbonyl (C=O) groups is 1. The molecule has 3 aromatic heterocycles. The van der Waals surface area contributed by atoms with Crippen LogP contribution in [0.1, 0.15) is 17.1 Å². The highest BCUT2D eigenvalue weighted by molar-refractivity contribution is 5.76. The van der Waals surface area contributed by atoms with Crippen LogP contribution in [0.15, 0.2) is 59.1 Å². The number of aryl methyl sites for hydroxylation is 1. The van der Waals surface area contributed by atoms with E-state index in [9.17, 15) is 9.18 Å². The van der Waals surface area contributed by atoms with Crippen LogP contribution in [0.4, 0.5) is 4.39 Å². The van der Waals surface area contributed by atoms with Crippen molar-refractivity contribution >= 4 is 5.91 Å². The lowest BCUT2D eigenvalue weighted by molar-refractivity contribution is -0.121. The lowest BCUT2D eigenvalue weighted by Crippen LogP contribution is -2.28. The van der Waals surface area contributed by atoms with Gasteiger partial charge in [-0.15, -0.1) is 10.2 Å². The van der Waals surface area contributed by atoms with Gasteiger partial charge in [0.15, 0.2) is 0 Å². The zero-order chi connectivity index (χ0) is 21.1. The number of benzene rings is 1. The van der Waals surface area contributed by atoms with Crippen molar-refractivity contribution in [3.8, 4) is 22.9 Å². The standard InChI is InChI=1S/C22H20FN5O2/c1-14-11-19(22-27-26-21(30-22)16-6-8-17(23)9-7-16)15(2)28(14)13-20(29)25-12-18-5-3-4-10-24-18/h3-11H,12-13H2,1-2H3,(H,25,29). The second-order valence-corrected chi connectivity index (χ2v) is 6.89. The molecule has 0 bridgehead atoms. The fourth-order valence-electron chi connectivity index (χ4n) is 3.19. The maximum absolute atomic E-state index is 13.1. The lowest BCUT2D eigenvalue weighted by atomic mass is 10.2. The number of rotatable bonds is 6. The average molecular weight is 405 g/mol. The largest absolute Gasteiger partial charge is 0.416 e. The lowest BCUT2D eigenvalue weighted by Gasteiger charge is -2.10. The number of amides is 1. The number of aromatic nitrogens is 4. The summed E-state index contributed by atoms with van der Waals surface area (Å²) in [5.74, 6) is 0.209. The summed E-state index contributed by atoms with van der Waals surface area (Å²) in [7, 11) is 0. The fraction of sp³-hybridized carbons (Fsp3) is 0.182. The van der Waals surface area contributed by atoms with Crippen LogP contribution in [0.5, 0.6) is 0 Å². The third-order valence-electron chi connectivity index (χ3n) is 4.81. The fourth-order valence-corrected chi connectivity index (χ4v) is 3.19. The van der Waals surface area contributed by atoms with Gasteiger partial charge in [0.1, 0.15) is 12.4 Å². The Hall–Kier alpha value is -3.81. The molecule has 0 aliphatic carbocycles. The number of nitrogens with one attached hydrogen (secondary N) is 1. The molecule has 0 saturated heterocycles. The number of carbonyl (C=O) groups excluding carboxylic acids is 1. The van der Waals surface area contributed by atoms with Crippen molar-refractivity contribution in [2.75, 3.05) is 0 Å².